The van der Waals surface area contributed by atoms with Gasteiger partial charge >= 0.3 is 6.18 Å². The SMILES string of the molecule is CCC1CCCCN1c1cc(-c2ccc(C(F)(F)F)cc2)cc(C(CC(C)C)C(C)=O)c1. The van der Waals surface area contributed by atoms with E-state index >= 15 is 0 Å². The third kappa shape index (κ3) is 5.73. The van der Waals surface area contributed by atoms with Gasteiger partial charge in [0, 0.05) is 24.2 Å². The molecule has 2 nitrogen and oxygen atoms in total. The van der Waals surface area contributed by atoms with Crippen molar-refractivity contribution >= 4 is 11.5 Å². The predicted molar refractivity (Wildman–Crippen MR) is 125 cm³/mol. The van der Waals surface area contributed by atoms with Gasteiger partial charge in [-0.3, -0.25) is 4.79 Å². The molecule has 2 aromatic rings. The van der Waals surface area contributed by atoms with Crippen molar-refractivity contribution in [2.45, 2.75) is 77.9 Å². The van der Waals surface area contributed by atoms with Crippen LogP contribution in [0.5, 0.6) is 0 Å². The number of anilines is 1. The maximum atomic E-state index is 13.0. The van der Waals surface area contributed by atoms with Gasteiger partial charge in [-0.25, -0.2) is 0 Å². The normalized spacial score (nSPS) is 18.1. The fraction of sp³-hybridized carbons (Fsp3) is 0.519. The van der Waals surface area contributed by atoms with Crippen molar-refractivity contribution in [2.24, 2.45) is 5.92 Å². The summed E-state index contributed by atoms with van der Waals surface area (Å²) in [6.07, 6.45) is 0.913. The minimum Gasteiger partial charge on any atom is -0.369 e. The highest BCUT2D eigenvalue weighted by Gasteiger charge is 2.30. The number of halogens is 3. The van der Waals surface area contributed by atoms with Crippen molar-refractivity contribution in [3.8, 4) is 11.1 Å². The van der Waals surface area contributed by atoms with Crippen molar-refractivity contribution in [3.05, 3.63) is 53.6 Å². The highest BCUT2D eigenvalue weighted by Crippen LogP contribution is 2.37. The van der Waals surface area contributed by atoms with Crippen LogP contribution in [0, 0.1) is 5.92 Å². The standard InChI is InChI=1S/C27H34F3NO/c1-5-24-8-6-7-13-31(24)25-16-21(20-9-11-23(12-10-20)27(28,29)30)15-22(17-25)26(19(4)32)14-18(2)3/h9-12,15-18,24,26H,5-8,13-14H2,1-4H3. The molecule has 1 fully saturated rings. The van der Waals surface area contributed by atoms with E-state index in [4.69, 9.17) is 0 Å². The van der Waals surface area contributed by atoms with E-state index in [0.717, 1.165) is 66.7 Å². The number of ketones is 1. The van der Waals surface area contributed by atoms with Crippen LogP contribution < -0.4 is 4.90 Å². The molecule has 2 unspecified atom stereocenters. The Balaban J connectivity index is 2.10. The summed E-state index contributed by atoms with van der Waals surface area (Å²) in [5, 5.41) is 0. The second kappa shape index (κ2) is 10.1. The molecule has 32 heavy (non-hydrogen) atoms. The van der Waals surface area contributed by atoms with Gasteiger partial charge in [-0.2, -0.15) is 13.2 Å². The largest absolute Gasteiger partial charge is 0.416 e. The molecule has 0 radical (unpaired) electrons. The average Bonchev–Trinajstić information content (AvgIpc) is 2.76. The van der Waals surface area contributed by atoms with E-state index in [2.05, 4.69) is 37.8 Å². The Morgan fingerprint density at radius 1 is 1.06 bits per heavy atom. The van der Waals surface area contributed by atoms with Crippen LogP contribution in [0.3, 0.4) is 0 Å². The lowest BCUT2D eigenvalue weighted by Gasteiger charge is -2.38. The number of carbonyl (C=O) groups excluding carboxylic acids is 1. The van der Waals surface area contributed by atoms with Crippen LogP contribution in [0.1, 0.15) is 76.8 Å². The van der Waals surface area contributed by atoms with Crippen molar-refractivity contribution in [1.82, 2.24) is 0 Å². The number of benzene rings is 2. The molecule has 0 spiro atoms. The second-order valence-electron chi connectivity index (χ2n) is 9.43. The smallest absolute Gasteiger partial charge is 0.369 e. The van der Waals surface area contributed by atoms with Crippen LogP contribution in [0.15, 0.2) is 42.5 Å². The molecule has 0 aliphatic carbocycles. The summed E-state index contributed by atoms with van der Waals surface area (Å²) in [5.41, 5.74) is 2.97. The molecule has 3 rings (SSSR count). The zero-order chi connectivity index (χ0) is 23.5. The van der Waals surface area contributed by atoms with E-state index in [1.54, 1.807) is 6.92 Å². The Morgan fingerprint density at radius 2 is 1.75 bits per heavy atom. The first-order chi connectivity index (χ1) is 15.1. The molecule has 1 heterocycles. The van der Waals surface area contributed by atoms with Gasteiger partial charge < -0.3 is 4.90 Å². The number of rotatable bonds is 7. The maximum absolute atomic E-state index is 13.0. The monoisotopic (exact) mass is 445 g/mol. The number of hydrogen-bond donors (Lipinski definition) is 0. The molecule has 174 valence electrons. The van der Waals surface area contributed by atoms with Crippen LogP contribution in [0.25, 0.3) is 11.1 Å². The third-order valence-corrected chi connectivity index (χ3v) is 6.52. The van der Waals surface area contributed by atoms with Crippen LogP contribution in [-0.4, -0.2) is 18.4 Å². The summed E-state index contributed by atoms with van der Waals surface area (Å²) < 4.78 is 39.1. The number of hydrogen-bond acceptors (Lipinski definition) is 2. The van der Waals surface area contributed by atoms with Gasteiger partial charge in [0.25, 0.3) is 0 Å². The van der Waals surface area contributed by atoms with Crippen LogP contribution in [-0.2, 0) is 11.0 Å². The number of alkyl halides is 3. The minimum absolute atomic E-state index is 0.125. The zero-order valence-corrected chi connectivity index (χ0v) is 19.5. The van der Waals surface area contributed by atoms with Crippen molar-refractivity contribution in [2.75, 3.05) is 11.4 Å². The zero-order valence-electron chi connectivity index (χ0n) is 19.5. The summed E-state index contributed by atoms with van der Waals surface area (Å²) >= 11 is 0. The molecule has 2 aromatic carbocycles. The quantitative estimate of drug-likeness (QED) is 0.432. The first-order valence-corrected chi connectivity index (χ1v) is 11.7. The summed E-state index contributed by atoms with van der Waals surface area (Å²) in [6, 6.07) is 12.0. The molecular weight excluding hydrogens is 411 g/mol. The summed E-state index contributed by atoms with van der Waals surface area (Å²) in [4.78, 5) is 15.0. The summed E-state index contributed by atoms with van der Waals surface area (Å²) in [7, 11) is 0. The maximum Gasteiger partial charge on any atom is 0.416 e. The molecule has 1 aliphatic rings. The Hall–Kier alpha value is -2.30. The number of piperidine rings is 1. The van der Waals surface area contributed by atoms with Crippen LogP contribution in [0.2, 0.25) is 0 Å². The van der Waals surface area contributed by atoms with Gasteiger partial charge in [-0.05, 0) is 85.9 Å². The van der Waals surface area contributed by atoms with Gasteiger partial charge in [-0.15, -0.1) is 0 Å². The van der Waals surface area contributed by atoms with Gasteiger partial charge in [0.15, 0.2) is 0 Å². The van der Waals surface area contributed by atoms with E-state index < -0.39 is 11.7 Å². The number of carbonyl (C=O) groups is 1. The summed E-state index contributed by atoms with van der Waals surface area (Å²) in [5.74, 6) is 0.272. The van der Waals surface area contributed by atoms with E-state index in [-0.39, 0.29) is 11.7 Å². The molecular formula is C27H34F3NO. The lowest BCUT2D eigenvalue weighted by molar-refractivity contribution is -0.137. The van der Waals surface area contributed by atoms with Gasteiger partial charge in [0.05, 0.1) is 5.56 Å². The Kier molecular flexibility index (Phi) is 7.68. The molecule has 5 heteroatoms. The van der Waals surface area contributed by atoms with E-state index in [0.29, 0.717) is 12.0 Å². The molecule has 0 amide bonds. The Bertz CT molecular complexity index is 917. The fourth-order valence-corrected chi connectivity index (χ4v) is 4.79. The lowest BCUT2D eigenvalue weighted by Crippen LogP contribution is -2.39. The fourth-order valence-electron chi connectivity index (χ4n) is 4.79. The van der Waals surface area contributed by atoms with Gasteiger partial charge in [0.1, 0.15) is 5.78 Å². The van der Waals surface area contributed by atoms with Crippen molar-refractivity contribution < 1.29 is 18.0 Å². The van der Waals surface area contributed by atoms with E-state index in [9.17, 15) is 18.0 Å². The molecule has 0 saturated carbocycles. The second-order valence-corrected chi connectivity index (χ2v) is 9.43. The molecule has 0 N–H and O–H groups in total. The van der Waals surface area contributed by atoms with Gasteiger partial charge in [0.2, 0.25) is 0 Å². The van der Waals surface area contributed by atoms with Crippen molar-refractivity contribution in [3.63, 3.8) is 0 Å². The predicted octanol–water partition coefficient (Wildman–Crippen LogP) is 7.86. The molecule has 0 bridgehead atoms. The van der Waals surface area contributed by atoms with Crippen molar-refractivity contribution in [1.29, 1.82) is 0 Å². The van der Waals surface area contributed by atoms with E-state index in [1.165, 1.54) is 18.6 Å². The van der Waals surface area contributed by atoms with Crippen LogP contribution in [0.4, 0.5) is 18.9 Å². The first-order valence-electron chi connectivity index (χ1n) is 11.7. The number of nitrogens with zero attached hydrogens (tertiary/aromatic N) is 1. The van der Waals surface area contributed by atoms with Crippen LogP contribution >= 0.6 is 0 Å². The third-order valence-electron chi connectivity index (χ3n) is 6.52. The Labute approximate surface area is 189 Å². The molecule has 2 atom stereocenters. The first kappa shape index (κ1) is 24.3. The van der Waals surface area contributed by atoms with Gasteiger partial charge in [-0.1, -0.05) is 39.0 Å². The highest BCUT2D eigenvalue weighted by atomic mass is 19.4. The number of Topliss-reactive ketones (excluding diaryl/α,β-unsaturated/α-hetero) is 1. The molecule has 0 aromatic heterocycles. The summed E-state index contributed by atoms with van der Waals surface area (Å²) in [6.45, 7) is 9.00. The molecule has 1 saturated heterocycles. The lowest BCUT2D eigenvalue weighted by atomic mass is 9.85. The topological polar surface area (TPSA) is 20.3 Å². The minimum atomic E-state index is -4.36. The Morgan fingerprint density at radius 3 is 2.31 bits per heavy atom. The van der Waals surface area contributed by atoms with E-state index in [1.807, 2.05) is 6.07 Å². The highest BCUT2D eigenvalue weighted by molar-refractivity contribution is 5.85. The average molecular weight is 446 g/mol. The molecule has 1 aliphatic heterocycles.